The summed E-state index contributed by atoms with van der Waals surface area (Å²) in [5.41, 5.74) is 7.35. The minimum atomic E-state index is 0.0983. The van der Waals surface area contributed by atoms with Gasteiger partial charge in [0.2, 0.25) is 0 Å². The summed E-state index contributed by atoms with van der Waals surface area (Å²) in [6, 6.07) is 0.0983. The Kier molecular flexibility index (Phi) is 3.15. The zero-order chi connectivity index (χ0) is 9.97. The van der Waals surface area contributed by atoms with Gasteiger partial charge in [-0.25, -0.2) is 4.37 Å². The van der Waals surface area contributed by atoms with Crippen LogP contribution in [0.15, 0.2) is 11.6 Å². The molecule has 1 aliphatic heterocycles. The van der Waals surface area contributed by atoms with Gasteiger partial charge in [0, 0.05) is 30.1 Å². The minimum Gasteiger partial charge on any atom is -0.378 e. The van der Waals surface area contributed by atoms with Crippen molar-refractivity contribution in [3.05, 3.63) is 17.1 Å². The highest BCUT2D eigenvalue weighted by Gasteiger charge is 2.32. The van der Waals surface area contributed by atoms with Crippen LogP contribution in [0.25, 0.3) is 0 Å². The predicted molar refractivity (Wildman–Crippen MR) is 57.2 cm³/mol. The third-order valence-electron chi connectivity index (χ3n) is 2.96. The molecule has 1 aliphatic rings. The van der Waals surface area contributed by atoms with Crippen LogP contribution >= 0.6 is 11.5 Å². The fraction of sp³-hybridized carbons (Fsp3) is 0.700. The molecule has 0 aromatic carbocycles. The standard InChI is InChI=1S/C10H16N2OS/c1-2-9-8(3-4-13-9)10(11)7-5-12-14-6-7/h5-6,8-10H,2-4,11H2,1H3. The van der Waals surface area contributed by atoms with Crippen LogP contribution in [0, 0.1) is 5.92 Å². The van der Waals surface area contributed by atoms with Crippen LogP contribution in [0.4, 0.5) is 0 Å². The van der Waals surface area contributed by atoms with E-state index < -0.39 is 0 Å². The fourth-order valence-electron chi connectivity index (χ4n) is 2.12. The lowest BCUT2D eigenvalue weighted by molar-refractivity contribution is 0.0813. The highest BCUT2D eigenvalue weighted by Crippen LogP contribution is 2.33. The Hall–Kier alpha value is -0.450. The van der Waals surface area contributed by atoms with Crippen LogP contribution in [0.2, 0.25) is 0 Å². The molecule has 0 amide bonds. The Labute approximate surface area is 88.4 Å². The summed E-state index contributed by atoms with van der Waals surface area (Å²) in [7, 11) is 0. The lowest BCUT2D eigenvalue weighted by Crippen LogP contribution is -2.27. The first-order valence-corrected chi connectivity index (χ1v) is 5.93. The first-order chi connectivity index (χ1) is 6.83. The SMILES string of the molecule is CCC1OCCC1C(N)c1cnsc1. The van der Waals surface area contributed by atoms with Crippen molar-refractivity contribution in [1.82, 2.24) is 4.37 Å². The molecule has 3 atom stereocenters. The van der Waals surface area contributed by atoms with Gasteiger partial charge < -0.3 is 10.5 Å². The Bertz CT molecular complexity index is 276. The van der Waals surface area contributed by atoms with Crippen molar-refractivity contribution < 1.29 is 4.74 Å². The van der Waals surface area contributed by atoms with Crippen LogP contribution < -0.4 is 5.73 Å². The Balaban J connectivity index is 2.07. The Morgan fingerprint density at radius 1 is 1.79 bits per heavy atom. The van der Waals surface area contributed by atoms with Crippen molar-refractivity contribution in [3.63, 3.8) is 0 Å². The second kappa shape index (κ2) is 4.38. The Morgan fingerprint density at radius 3 is 3.29 bits per heavy atom. The van der Waals surface area contributed by atoms with E-state index in [-0.39, 0.29) is 6.04 Å². The van der Waals surface area contributed by atoms with Gasteiger partial charge >= 0.3 is 0 Å². The molecular formula is C10H16N2OS. The van der Waals surface area contributed by atoms with Gasteiger partial charge in [-0.15, -0.1) is 0 Å². The van der Waals surface area contributed by atoms with Crippen LogP contribution in [0.5, 0.6) is 0 Å². The molecule has 0 spiro atoms. The summed E-state index contributed by atoms with van der Waals surface area (Å²) in [6.07, 6.45) is 4.34. The molecule has 78 valence electrons. The van der Waals surface area contributed by atoms with Crippen molar-refractivity contribution in [3.8, 4) is 0 Å². The summed E-state index contributed by atoms with van der Waals surface area (Å²) >= 11 is 1.46. The van der Waals surface area contributed by atoms with Gasteiger partial charge in [0.15, 0.2) is 0 Å². The number of hydrogen-bond donors (Lipinski definition) is 1. The summed E-state index contributed by atoms with van der Waals surface area (Å²) in [5.74, 6) is 0.469. The normalized spacial score (nSPS) is 29.3. The number of ether oxygens (including phenoxy) is 1. The van der Waals surface area contributed by atoms with E-state index in [1.54, 1.807) is 0 Å². The van der Waals surface area contributed by atoms with E-state index in [0.29, 0.717) is 12.0 Å². The van der Waals surface area contributed by atoms with E-state index >= 15 is 0 Å². The van der Waals surface area contributed by atoms with Gasteiger partial charge in [0.05, 0.1) is 6.10 Å². The maximum atomic E-state index is 6.20. The number of hydrogen-bond acceptors (Lipinski definition) is 4. The zero-order valence-electron chi connectivity index (χ0n) is 8.35. The van der Waals surface area contributed by atoms with Gasteiger partial charge in [0.1, 0.15) is 0 Å². The van der Waals surface area contributed by atoms with E-state index in [9.17, 15) is 0 Å². The van der Waals surface area contributed by atoms with E-state index in [1.165, 1.54) is 11.5 Å². The van der Waals surface area contributed by atoms with Crippen molar-refractivity contribution in [2.75, 3.05) is 6.61 Å². The smallest absolute Gasteiger partial charge is 0.0619 e. The second-order valence-corrected chi connectivity index (χ2v) is 4.41. The maximum absolute atomic E-state index is 6.20. The monoisotopic (exact) mass is 212 g/mol. The van der Waals surface area contributed by atoms with E-state index in [1.807, 2.05) is 11.6 Å². The molecule has 2 rings (SSSR count). The fourth-order valence-corrected chi connectivity index (χ4v) is 2.70. The highest BCUT2D eigenvalue weighted by molar-refractivity contribution is 7.03. The molecule has 0 aliphatic carbocycles. The molecule has 2 heterocycles. The third kappa shape index (κ3) is 1.82. The summed E-state index contributed by atoms with van der Waals surface area (Å²) in [6.45, 7) is 3.01. The number of nitrogens with zero attached hydrogens (tertiary/aromatic N) is 1. The number of aromatic nitrogens is 1. The molecule has 4 heteroatoms. The van der Waals surface area contributed by atoms with Crippen LogP contribution in [0.1, 0.15) is 31.4 Å². The molecule has 0 bridgehead atoms. The van der Waals surface area contributed by atoms with Crippen molar-refractivity contribution in [2.45, 2.75) is 31.9 Å². The highest BCUT2D eigenvalue weighted by atomic mass is 32.1. The molecule has 2 N–H and O–H groups in total. The molecular weight excluding hydrogens is 196 g/mol. The molecule has 1 aromatic heterocycles. The number of nitrogens with two attached hydrogens (primary N) is 1. The molecule has 14 heavy (non-hydrogen) atoms. The first-order valence-electron chi connectivity index (χ1n) is 5.09. The van der Waals surface area contributed by atoms with Gasteiger partial charge in [-0.05, 0) is 29.9 Å². The molecule has 3 nitrogen and oxygen atoms in total. The molecule has 1 fully saturated rings. The molecule has 3 unspecified atom stereocenters. The van der Waals surface area contributed by atoms with Crippen molar-refractivity contribution >= 4 is 11.5 Å². The molecule has 0 radical (unpaired) electrons. The van der Waals surface area contributed by atoms with E-state index in [2.05, 4.69) is 11.3 Å². The van der Waals surface area contributed by atoms with Gasteiger partial charge in [-0.1, -0.05) is 6.92 Å². The zero-order valence-corrected chi connectivity index (χ0v) is 9.17. The van der Waals surface area contributed by atoms with E-state index in [0.717, 1.165) is 25.0 Å². The lowest BCUT2D eigenvalue weighted by Gasteiger charge is -2.22. The lowest BCUT2D eigenvalue weighted by atomic mass is 9.89. The number of rotatable bonds is 3. The Morgan fingerprint density at radius 2 is 2.64 bits per heavy atom. The van der Waals surface area contributed by atoms with Crippen molar-refractivity contribution in [1.29, 1.82) is 0 Å². The van der Waals surface area contributed by atoms with Crippen molar-refractivity contribution in [2.24, 2.45) is 11.7 Å². The van der Waals surface area contributed by atoms with Crippen LogP contribution in [-0.4, -0.2) is 17.1 Å². The average molecular weight is 212 g/mol. The van der Waals surface area contributed by atoms with Crippen LogP contribution in [-0.2, 0) is 4.74 Å². The quantitative estimate of drug-likeness (QED) is 0.833. The first kappa shape index (κ1) is 10.1. The second-order valence-electron chi connectivity index (χ2n) is 3.75. The molecule has 0 saturated carbocycles. The summed E-state index contributed by atoms with van der Waals surface area (Å²) in [5, 5.41) is 2.04. The largest absolute Gasteiger partial charge is 0.378 e. The summed E-state index contributed by atoms with van der Waals surface area (Å²) < 4.78 is 9.72. The molecule has 1 aromatic rings. The van der Waals surface area contributed by atoms with Gasteiger partial charge in [-0.3, -0.25) is 0 Å². The van der Waals surface area contributed by atoms with Gasteiger partial charge in [-0.2, -0.15) is 0 Å². The van der Waals surface area contributed by atoms with E-state index in [4.69, 9.17) is 10.5 Å². The van der Waals surface area contributed by atoms with Gasteiger partial charge in [0.25, 0.3) is 0 Å². The van der Waals surface area contributed by atoms with Crippen LogP contribution in [0.3, 0.4) is 0 Å². The molecule has 1 saturated heterocycles. The average Bonchev–Trinajstić information content (AvgIpc) is 2.87. The predicted octanol–water partition coefficient (Wildman–Crippen LogP) is 1.96. The third-order valence-corrected chi connectivity index (χ3v) is 3.57. The summed E-state index contributed by atoms with van der Waals surface area (Å²) in [4.78, 5) is 0. The topological polar surface area (TPSA) is 48.1 Å². The maximum Gasteiger partial charge on any atom is 0.0619 e. The minimum absolute atomic E-state index is 0.0983.